The topological polar surface area (TPSA) is 92.5 Å². The number of likely N-dealkylation sites (N-methyl/N-ethyl adjacent to an activating group) is 1. The number of nitrogens with two attached hydrogens (primary N) is 1. The van der Waals surface area contributed by atoms with Crippen LogP contribution >= 0.6 is 11.3 Å². The molecular weight excluding hydrogens is 334 g/mol. The number of thiophene rings is 1. The van der Waals surface area contributed by atoms with Crippen LogP contribution in [0.3, 0.4) is 0 Å². The summed E-state index contributed by atoms with van der Waals surface area (Å²) in [5.41, 5.74) is 1.69. The molecule has 124 valence electrons. The molecular formula is C15H19N3O3S2. The second kappa shape index (κ2) is 7.22. The molecule has 1 atom stereocenters. The molecule has 6 nitrogen and oxygen atoms in total. The van der Waals surface area contributed by atoms with E-state index in [4.69, 9.17) is 5.14 Å². The molecule has 2 aromatic rings. The van der Waals surface area contributed by atoms with Crippen molar-refractivity contribution >= 4 is 33.0 Å². The highest BCUT2D eigenvalue weighted by Crippen LogP contribution is 2.15. The molecule has 1 aromatic heterocycles. The summed E-state index contributed by atoms with van der Waals surface area (Å²) in [6.45, 7) is 2.50. The van der Waals surface area contributed by atoms with Gasteiger partial charge in [0.2, 0.25) is 15.9 Å². The number of nitrogens with zero attached hydrogens (tertiary/aromatic N) is 1. The average Bonchev–Trinajstić information content (AvgIpc) is 2.98. The molecule has 1 amide bonds. The fourth-order valence-corrected chi connectivity index (χ4v) is 3.16. The second-order valence-electron chi connectivity index (χ2n) is 5.28. The largest absolute Gasteiger partial charge is 0.325 e. The van der Waals surface area contributed by atoms with Crippen molar-refractivity contribution in [1.29, 1.82) is 0 Å². The van der Waals surface area contributed by atoms with Crippen LogP contribution in [0.5, 0.6) is 0 Å². The van der Waals surface area contributed by atoms with Gasteiger partial charge in [0.1, 0.15) is 0 Å². The lowest BCUT2D eigenvalue weighted by molar-refractivity contribution is -0.120. The van der Waals surface area contributed by atoms with Gasteiger partial charge >= 0.3 is 0 Å². The van der Waals surface area contributed by atoms with Gasteiger partial charge in [-0.3, -0.25) is 9.69 Å². The van der Waals surface area contributed by atoms with E-state index in [2.05, 4.69) is 5.32 Å². The van der Waals surface area contributed by atoms with Crippen molar-refractivity contribution in [1.82, 2.24) is 4.90 Å². The minimum Gasteiger partial charge on any atom is -0.325 e. The van der Waals surface area contributed by atoms with E-state index in [1.165, 1.54) is 24.3 Å². The molecule has 0 radical (unpaired) electrons. The number of nitrogens with one attached hydrogen (secondary N) is 1. The summed E-state index contributed by atoms with van der Waals surface area (Å²) in [6.07, 6.45) is 0. The van der Waals surface area contributed by atoms with Crippen molar-refractivity contribution < 1.29 is 13.2 Å². The molecule has 0 bridgehead atoms. The Hall–Kier alpha value is -1.74. The fourth-order valence-electron chi connectivity index (χ4n) is 1.98. The zero-order valence-corrected chi connectivity index (χ0v) is 14.5. The summed E-state index contributed by atoms with van der Waals surface area (Å²) in [4.78, 5) is 14.2. The summed E-state index contributed by atoms with van der Waals surface area (Å²) in [5, 5.41) is 11.9. The molecule has 3 N–H and O–H groups in total. The van der Waals surface area contributed by atoms with Gasteiger partial charge in [0.25, 0.3) is 0 Å². The Morgan fingerprint density at radius 3 is 2.48 bits per heavy atom. The maximum atomic E-state index is 12.3. The van der Waals surface area contributed by atoms with Crippen molar-refractivity contribution in [3.05, 3.63) is 46.7 Å². The number of hydrogen-bond acceptors (Lipinski definition) is 5. The van der Waals surface area contributed by atoms with Crippen LogP contribution in [-0.2, 0) is 21.4 Å². The molecule has 0 saturated heterocycles. The molecule has 0 saturated carbocycles. The zero-order valence-electron chi connectivity index (χ0n) is 12.9. The van der Waals surface area contributed by atoms with Gasteiger partial charge in [-0.25, -0.2) is 13.6 Å². The molecule has 0 unspecified atom stereocenters. The highest BCUT2D eigenvalue weighted by molar-refractivity contribution is 7.89. The number of benzene rings is 1. The minimum absolute atomic E-state index is 0.0122. The SMILES string of the molecule is C[C@@H](C(=O)Nc1ccc(S(N)(=O)=O)cc1)N(C)Cc1ccsc1. The van der Waals surface area contributed by atoms with E-state index in [-0.39, 0.29) is 16.8 Å². The van der Waals surface area contributed by atoms with E-state index in [0.29, 0.717) is 12.2 Å². The van der Waals surface area contributed by atoms with E-state index in [1.54, 1.807) is 11.3 Å². The first-order chi connectivity index (χ1) is 10.8. The summed E-state index contributed by atoms with van der Waals surface area (Å²) in [6, 6.07) is 7.47. The molecule has 0 fully saturated rings. The van der Waals surface area contributed by atoms with Crippen LogP contribution < -0.4 is 10.5 Å². The first-order valence-corrected chi connectivity index (χ1v) is 9.41. The average molecular weight is 353 g/mol. The first-order valence-electron chi connectivity index (χ1n) is 6.92. The monoisotopic (exact) mass is 353 g/mol. The van der Waals surface area contributed by atoms with Crippen molar-refractivity contribution in [2.24, 2.45) is 5.14 Å². The summed E-state index contributed by atoms with van der Waals surface area (Å²) < 4.78 is 22.4. The molecule has 0 aliphatic rings. The number of sulfonamides is 1. The van der Waals surface area contributed by atoms with Crippen LogP contribution in [-0.4, -0.2) is 32.3 Å². The Morgan fingerprint density at radius 2 is 1.96 bits per heavy atom. The molecule has 1 aromatic carbocycles. The quantitative estimate of drug-likeness (QED) is 0.829. The van der Waals surface area contributed by atoms with Gasteiger partial charge in [-0.05, 0) is 60.6 Å². The number of primary sulfonamides is 1. The van der Waals surface area contributed by atoms with Gasteiger partial charge in [0, 0.05) is 12.2 Å². The number of anilines is 1. The van der Waals surface area contributed by atoms with Gasteiger partial charge in [-0.2, -0.15) is 11.3 Å². The molecule has 1 heterocycles. The summed E-state index contributed by atoms with van der Waals surface area (Å²) in [5.74, 6) is -0.161. The smallest absolute Gasteiger partial charge is 0.241 e. The van der Waals surface area contributed by atoms with Crippen LogP contribution in [0.1, 0.15) is 12.5 Å². The lowest BCUT2D eigenvalue weighted by atomic mass is 10.2. The van der Waals surface area contributed by atoms with E-state index in [1.807, 2.05) is 35.7 Å². The van der Waals surface area contributed by atoms with E-state index in [0.717, 1.165) is 5.56 Å². The third-order valence-corrected chi connectivity index (χ3v) is 5.16. The standard InChI is InChI=1S/C15H19N3O3S2/c1-11(18(2)9-12-7-8-22-10-12)15(19)17-13-3-5-14(6-4-13)23(16,20)21/h3-8,10-11H,9H2,1-2H3,(H,17,19)(H2,16,20,21)/t11-/m0/s1. The zero-order chi connectivity index (χ0) is 17.0. The fraction of sp³-hybridized carbons (Fsp3) is 0.267. The summed E-state index contributed by atoms with van der Waals surface area (Å²) >= 11 is 1.62. The predicted octanol–water partition coefficient (Wildman–Crippen LogP) is 1.85. The highest BCUT2D eigenvalue weighted by Gasteiger charge is 2.18. The minimum atomic E-state index is -3.73. The Balaban J connectivity index is 1.97. The van der Waals surface area contributed by atoms with Crippen LogP contribution in [0.4, 0.5) is 5.69 Å². The third-order valence-electron chi connectivity index (χ3n) is 3.50. The Labute approximate surface area is 140 Å². The number of rotatable bonds is 6. The maximum absolute atomic E-state index is 12.3. The molecule has 0 aliphatic carbocycles. The van der Waals surface area contributed by atoms with Gasteiger partial charge in [-0.15, -0.1) is 0 Å². The molecule has 2 rings (SSSR count). The van der Waals surface area contributed by atoms with Gasteiger partial charge in [0.15, 0.2) is 0 Å². The highest BCUT2D eigenvalue weighted by atomic mass is 32.2. The van der Waals surface area contributed by atoms with E-state index >= 15 is 0 Å². The lowest BCUT2D eigenvalue weighted by Gasteiger charge is -2.23. The second-order valence-corrected chi connectivity index (χ2v) is 7.62. The Kier molecular flexibility index (Phi) is 5.53. The number of amides is 1. The van der Waals surface area contributed by atoms with Crippen LogP contribution in [0.15, 0.2) is 46.0 Å². The van der Waals surface area contributed by atoms with Crippen molar-refractivity contribution in [2.75, 3.05) is 12.4 Å². The van der Waals surface area contributed by atoms with Crippen LogP contribution in [0, 0.1) is 0 Å². The first kappa shape index (κ1) is 17.6. The molecule has 0 spiro atoms. The molecule has 8 heteroatoms. The lowest BCUT2D eigenvalue weighted by Crippen LogP contribution is -2.39. The molecule has 23 heavy (non-hydrogen) atoms. The normalized spacial score (nSPS) is 13.0. The Bertz CT molecular complexity index is 756. The van der Waals surface area contributed by atoms with Gasteiger partial charge < -0.3 is 5.32 Å². The summed E-state index contributed by atoms with van der Waals surface area (Å²) in [7, 11) is -1.85. The van der Waals surface area contributed by atoms with E-state index in [9.17, 15) is 13.2 Å². The number of carbonyl (C=O) groups is 1. The predicted molar refractivity (Wildman–Crippen MR) is 91.7 cm³/mol. The molecule has 0 aliphatic heterocycles. The third kappa shape index (κ3) is 4.87. The van der Waals surface area contributed by atoms with E-state index < -0.39 is 10.0 Å². The van der Waals surface area contributed by atoms with Crippen molar-refractivity contribution in [3.8, 4) is 0 Å². The number of carbonyl (C=O) groups excluding carboxylic acids is 1. The van der Waals surface area contributed by atoms with Crippen LogP contribution in [0.2, 0.25) is 0 Å². The maximum Gasteiger partial charge on any atom is 0.241 e. The van der Waals surface area contributed by atoms with Crippen molar-refractivity contribution in [3.63, 3.8) is 0 Å². The van der Waals surface area contributed by atoms with Crippen LogP contribution in [0.25, 0.3) is 0 Å². The number of hydrogen-bond donors (Lipinski definition) is 2. The Morgan fingerprint density at radius 1 is 1.30 bits per heavy atom. The van der Waals surface area contributed by atoms with Crippen molar-refractivity contribution in [2.45, 2.75) is 24.4 Å². The van der Waals surface area contributed by atoms with Gasteiger partial charge in [-0.1, -0.05) is 0 Å². The van der Waals surface area contributed by atoms with Gasteiger partial charge in [0.05, 0.1) is 10.9 Å².